The molecule has 434 valence electrons. The first-order valence-electron chi connectivity index (χ1n) is 32.9. The van der Waals surface area contributed by atoms with E-state index in [-0.39, 0.29) is 18.5 Å². The fourth-order valence-corrected chi connectivity index (χ4v) is 10.0. The Morgan fingerprint density at radius 2 is 0.676 bits per heavy atom. The highest BCUT2D eigenvalue weighted by atomic mass is 16.5. The van der Waals surface area contributed by atoms with E-state index in [4.69, 9.17) is 4.74 Å². The lowest BCUT2D eigenvalue weighted by Gasteiger charge is -2.20. The summed E-state index contributed by atoms with van der Waals surface area (Å²) < 4.78 is 5.47. The number of allylic oxidation sites excluding steroid dienone is 7. The molecule has 2 atom stereocenters. The molecule has 3 N–H and O–H groups in total. The Balaban J connectivity index is 3.49. The van der Waals surface area contributed by atoms with E-state index in [1.165, 1.54) is 244 Å². The number of carbonyl (C=O) groups is 2. The summed E-state index contributed by atoms with van der Waals surface area (Å²) in [6.07, 6.45) is 81.6. The van der Waals surface area contributed by atoms with Gasteiger partial charge >= 0.3 is 5.97 Å². The number of rotatable bonds is 61. The van der Waals surface area contributed by atoms with Gasteiger partial charge < -0.3 is 20.3 Å². The van der Waals surface area contributed by atoms with Crippen LogP contribution in [0, 0.1) is 0 Å². The van der Waals surface area contributed by atoms with Gasteiger partial charge in [-0.1, -0.05) is 294 Å². The number of nitrogens with one attached hydrogen (secondary N) is 1. The molecule has 0 heterocycles. The molecule has 0 aromatic rings. The van der Waals surface area contributed by atoms with Crippen molar-refractivity contribution in [3.05, 3.63) is 48.6 Å². The number of ether oxygens (including phenoxy) is 1. The molecule has 0 aliphatic carbocycles. The molecule has 0 aromatic heterocycles. The highest BCUT2D eigenvalue weighted by Crippen LogP contribution is 2.17. The lowest BCUT2D eigenvalue weighted by molar-refractivity contribution is -0.143. The Bertz CT molecular complexity index is 1240. The van der Waals surface area contributed by atoms with Crippen LogP contribution in [0.15, 0.2) is 48.6 Å². The van der Waals surface area contributed by atoms with Gasteiger partial charge in [-0.2, -0.15) is 0 Å². The van der Waals surface area contributed by atoms with Crippen LogP contribution in [0.5, 0.6) is 0 Å². The Hall–Kier alpha value is -2.18. The molecule has 0 bridgehead atoms. The fourth-order valence-electron chi connectivity index (χ4n) is 10.0. The number of carbonyl (C=O) groups excluding carboxylic acids is 2. The van der Waals surface area contributed by atoms with Crippen molar-refractivity contribution < 1.29 is 24.5 Å². The van der Waals surface area contributed by atoms with Gasteiger partial charge in [0, 0.05) is 12.8 Å². The van der Waals surface area contributed by atoms with Crippen LogP contribution >= 0.6 is 0 Å². The monoisotopic (exact) mass is 1040 g/mol. The van der Waals surface area contributed by atoms with E-state index in [0.29, 0.717) is 19.4 Å². The summed E-state index contributed by atoms with van der Waals surface area (Å²) in [6, 6.07) is -0.637. The van der Waals surface area contributed by atoms with Gasteiger partial charge in [0.05, 0.1) is 25.4 Å². The third kappa shape index (κ3) is 59.1. The molecule has 74 heavy (non-hydrogen) atoms. The molecule has 0 saturated heterocycles. The summed E-state index contributed by atoms with van der Waals surface area (Å²) in [5.74, 6) is -0.0904. The lowest BCUT2D eigenvalue weighted by atomic mass is 10.0. The number of amides is 1. The van der Waals surface area contributed by atoms with Crippen molar-refractivity contribution in [2.24, 2.45) is 0 Å². The summed E-state index contributed by atoms with van der Waals surface area (Å²) in [5.41, 5.74) is 0. The highest BCUT2D eigenvalue weighted by molar-refractivity contribution is 5.76. The highest BCUT2D eigenvalue weighted by Gasteiger charge is 2.18. The smallest absolute Gasteiger partial charge is 0.305 e. The predicted molar refractivity (Wildman–Crippen MR) is 324 cm³/mol. The van der Waals surface area contributed by atoms with Gasteiger partial charge in [0.2, 0.25) is 5.91 Å². The Morgan fingerprint density at radius 1 is 0.378 bits per heavy atom. The van der Waals surface area contributed by atoms with E-state index in [2.05, 4.69) is 55.6 Å². The van der Waals surface area contributed by atoms with Gasteiger partial charge in [-0.25, -0.2) is 0 Å². The number of unbranched alkanes of at least 4 members (excludes halogenated alkanes) is 45. The molecular formula is C68H127NO5. The summed E-state index contributed by atoms with van der Waals surface area (Å²) in [4.78, 5) is 24.6. The van der Waals surface area contributed by atoms with Crippen molar-refractivity contribution in [2.75, 3.05) is 13.2 Å². The first-order valence-corrected chi connectivity index (χ1v) is 32.9. The van der Waals surface area contributed by atoms with E-state index < -0.39 is 12.1 Å². The average Bonchev–Trinajstić information content (AvgIpc) is 3.40. The minimum absolute atomic E-state index is 0.0144. The first kappa shape index (κ1) is 71.8. The molecule has 0 fully saturated rings. The number of aliphatic hydroxyl groups excluding tert-OH is 2. The molecule has 6 nitrogen and oxygen atoms in total. The third-order valence-corrected chi connectivity index (χ3v) is 15.1. The maximum atomic E-state index is 12.5. The Kier molecular flexibility index (Phi) is 61.5. The number of esters is 1. The quantitative estimate of drug-likeness (QED) is 0.0244. The SMILES string of the molecule is CCCCCCCC/C=C\CCCCCCCCCCCC(=O)OCCCCC/C=C\C=C/CCCCCCCCCCCCC(=O)NC(CO)C(O)/C=C/CCCCCCCCCCCCCCCCCCC. The van der Waals surface area contributed by atoms with E-state index >= 15 is 0 Å². The minimum atomic E-state index is -0.853. The van der Waals surface area contributed by atoms with Crippen molar-refractivity contribution in [2.45, 2.75) is 360 Å². The number of hydrogen-bond acceptors (Lipinski definition) is 5. The molecule has 0 spiro atoms. The third-order valence-electron chi connectivity index (χ3n) is 15.1. The summed E-state index contributed by atoms with van der Waals surface area (Å²) in [6.45, 7) is 4.88. The van der Waals surface area contributed by atoms with E-state index in [1.807, 2.05) is 6.08 Å². The van der Waals surface area contributed by atoms with Crippen LogP contribution in [-0.4, -0.2) is 47.4 Å². The first-order chi connectivity index (χ1) is 36.5. The van der Waals surface area contributed by atoms with Gasteiger partial charge in [0.1, 0.15) is 0 Å². The van der Waals surface area contributed by atoms with Crippen LogP contribution in [0.1, 0.15) is 348 Å². The predicted octanol–water partition coefficient (Wildman–Crippen LogP) is 20.9. The van der Waals surface area contributed by atoms with Crippen LogP contribution in [-0.2, 0) is 14.3 Å². The second-order valence-electron chi connectivity index (χ2n) is 22.5. The molecule has 0 rings (SSSR count). The Labute approximate surface area is 461 Å². The van der Waals surface area contributed by atoms with Crippen molar-refractivity contribution in [1.29, 1.82) is 0 Å². The van der Waals surface area contributed by atoms with E-state index in [9.17, 15) is 19.8 Å². The zero-order chi connectivity index (χ0) is 53.6. The van der Waals surface area contributed by atoms with Gasteiger partial charge in [-0.3, -0.25) is 9.59 Å². The molecule has 0 aliphatic rings. The van der Waals surface area contributed by atoms with Crippen molar-refractivity contribution in [1.82, 2.24) is 5.32 Å². The zero-order valence-corrected chi connectivity index (χ0v) is 49.6. The maximum Gasteiger partial charge on any atom is 0.305 e. The summed E-state index contributed by atoms with van der Waals surface area (Å²) in [5, 5.41) is 23.2. The fraction of sp³-hybridized carbons (Fsp3) is 0.853. The molecule has 0 aliphatic heterocycles. The van der Waals surface area contributed by atoms with Crippen molar-refractivity contribution in [3.8, 4) is 0 Å². The van der Waals surface area contributed by atoms with Crippen LogP contribution in [0.2, 0.25) is 0 Å². The van der Waals surface area contributed by atoms with Gasteiger partial charge in [0.25, 0.3) is 0 Å². The average molecular weight is 1040 g/mol. The second-order valence-corrected chi connectivity index (χ2v) is 22.5. The topological polar surface area (TPSA) is 95.9 Å². The molecule has 2 unspecified atom stereocenters. The molecule has 0 radical (unpaired) electrons. The molecular weight excluding hydrogens is 911 g/mol. The van der Waals surface area contributed by atoms with Crippen molar-refractivity contribution in [3.63, 3.8) is 0 Å². The molecule has 0 saturated carbocycles. The normalized spacial score (nSPS) is 12.9. The number of hydrogen-bond donors (Lipinski definition) is 3. The van der Waals surface area contributed by atoms with Crippen LogP contribution < -0.4 is 5.32 Å². The second kappa shape index (κ2) is 63.4. The van der Waals surface area contributed by atoms with Crippen LogP contribution in [0.3, 0.4) is 0 Å². The largest absolute Gasteiger partial charge is 0.466 e. The van der Waals surface area contributed by atoms with Crippen LogP contribution in [0.4, 0.5) is 0 Å². The molecule has 0 aromatic carbocycles. The minimum Gasteiger partial charge on any atom is -0.466 e. The lowest BCUT2D eigenvalue weighted by Crippen LogP contribution is -2.45. The van der Waals surface area contributed by atoms with Crippen molar-refractivity contribution >= 4 is 11.9 Å². The summed E-state index contributed by atoms with van der Waals surface area (Å²) in [7, 11) is 0. The van der Waals surface area contributed by atoms with Gasteiger partial charge in [-0.15, -0.1) is 0 Å². The molecule has 1 amide bonds. The Morgan fingerprint density at radius 3 is 1.04 bits per heavy atom. The van der Waals surface area contributed by atoms with E-state index in [1.54, 1.807) is 6.08 Å². The maximum absolute atomic E-state index is 12.5. The van der Waals surface area contributed by atoms with Gasteiger partial charge in [-0.05, 0) is 89.9 Å². The summed E-state index contributed by atoms with van der Waals surface area (Å²) >= 11 is 0. The molecule has 6 heteroatoms. The van der Waals surface area contributed by atoms with Gasteiger partial charge in [0.15, 0.2) is 0 Å². The number of aliphatic hydroxyl groups is 2. The van der Waals surface area contributed by atoms with E-state index in [0.717, 1.165) is 77.0 Å². The standard InChI is InChI=1S/C68H127NO5/c1-3-5-7-9-11-13-15-17-19-21-24-28-32-36-40-44-48-52-56-60-66(71)65(64-70)69-67(72)61-57-53-49-45-41-37-33-29-26-23-27-31-35-39-43-47-51-55-59-63-74-68(73)62-58-54-50-46-42-38-34-30-25-22-20-18-16-14-12-10-8-6-4-2/h18,20,31,35,39,43,56,60,65-66,70-71H,3-17,19,21-30,32-34,36-38,40-42,44-55,57-59,61-64H2,1-2H3,(H,69,72)/b20-18-,35-31-,43-39-,60-56+. The van der Waals surface area contributed by atoms with Crippen LogP contribution in [0.25, 0.3) is 0 Å². The zero-order valence-electron chi connectivity index (χ0n) is 49.6.